The molecule has 152 valence electrons. The van der Waals surface area contributed by atoms with Crippen LogP contribution in [0.1, 0.15) is 32.1 Å². The molecule has 10 nitrogen and oxygen atoms in total. The number of hydrogen-bond acceptors (Lipinski definition) is 8. The molecule has 11 heteroatoms. The Kier molecular flexibility index (Phi) is 5.37. The fourth-order valence-electron chi connectivity index (χ4n) is 3.63. The van der Waals surface area contributed by atoms with E-state index in [1.54, 1.807) is 0 Å². The maximum atomic E-state index is 12.3. The average Bonchev–Trinajstić information content (AvgIpc) is 3.09. The highest BCUT2D eigenvalue weighted by Gasteiger charge is 2.47. The summed E-state index contributed by atoms with van der Waals surface area (Å²) < 4.78 is 23.1. The van der Waals surface area contributed by atoms with Crippen LogP contribution < -0.4 is 0 Å². The Hall–Kier alpha value is -2.56. The second-order valence-electron chi connectivity index (χ2n) is 7.30. The summed E-state index contributed by atoms with van der Waals surface area (Å²) in [6.45, 7) is 0.283. The van der Waals surface area contributed by atoms with E-state index in [-0.39, 0.29) is 29.3 Å². The molecule has 0 N–H and O–H groups in total. The van der Waals surface area contributed by atoms with Gasteiger partial charge in [-0.15, -0.1) is 5.06 Å². The van der Waals surface area contributed by atoms with Crippen molar-refractivity contribution in [1.29, 1.82) is 0 Å². The number of carbonyl (C=O) groups is 5. The lowest BCUT2D eigenvalue weighted by Crippen LogP contribution is -2.40. The normalized spacial score (nSPS) is 28.4. The van der Waals surface area contributed by atoms with Crippen molar-refractivity contribution in [3.05, 3.63) is 12.2 Å². The number of hydroxylamine groups is 2. The first-order valence-corrected chi connectivity index (χ1v) is 10.8. The summed E-state index contributed by atoms with van der Waals surface area (Å²) in [6, 6.07) is 0. The molecule has 4 amide bonds. The number of hydrogen-bond donors (Lipinski definition) is 0. The van der Waals surface area contributed by atoms with Crippen LogP contribution in [0.15, 0.2) is 12.2 Å². The molecule has 0 aromatic rings. The van der Waals surface area contributed by atoms with E-state index in [1.165, 1.54) is 12.2 Å². The molecule has 3 aliphatic rings. The predicted molar refractivity (Wildman–Crippen MR) is 92.5 cm³/mol. The van der Waals surface area contributed by atoms with Crippen LogP contribution in [0.3, 0.4) is 0 Å². The molecule has 2 aliphatic heterocycles. The Bertz CT molecular complexity index is 852. The van der Waals surface area contributed by atoms with E-state index in [4.69, 9.17) is 4.84 Å². The van der Waals surface area contributed by atoms with Gasteiger partial charge < -0.3 is 4.84 Å². The molecule has 0 aromatic heterocycles. The standard InChI is InChI=1S/C17H20N2O8S/c1-28(25,26)12-8-15(22)19(16(12)23)27-17(24)11-4-2-10(3-5-11)9-18-13(20)6-7-14(18)21/h6-7,10-12H,2-5,8-9H2,1H3. The monoisotopic (exact) mass is 412 g/mol. The molecule has 28 heavy (non-hydrogen) atoms. The molecule has 0 radical (unpaired) electrons. The number of amides is 4. The van der Waals surface area contributed by atoms with Crippen LogP contribution in [-0.2, 0) is 38.6 Å². The fraction of sp³-hybridized carbons (Fsp3) is 0.588. The summed E-state index contributed by atoms with van der Waals surface area (Å²) in [6.07, 6.45) is 4.73. The van der Waals surface area contributed by atoms with E-state index < -0.39 is 45.2 Å². The smallest absolute Gasteiger partial charge is 0.330 e. The zero-order valence-electron chi connectivity index (χ0n) is 15.2. The molecule has 1 saturated heterocycles. The fourth-order valence-corrected chi connectivity index (χ4v) is 4.53. The molecule has 3 rings (SSSR count). The van der Waals surface area contributed by atoms with Crippen molar-refractivity contribution in [2.24, 2.45) is 11.8 Å². The molecular weight excluding hydrogens is 392 g/mol. The number of rotatable bonds is 5. The second-order valence-corrected chi connectivity index (χ2v) is 9.53. The van der Waals surface area contributed by atoms with Gasteiger partial charge in [0.1, 0.15) is 0 Å². The Labute approximate surface area is 161 Å². The van der Waals surface area contributed by atoms with Crippen molar-refractivity contribution in [2.75, 3.05) is 12.8 Å². The van der Waals surface area contributed by atoms with Gasteiger partial charge in [0.2, 0.25) is 0 Å². The number of carbonyl (C=O) groups excluding carboxylic acids is 5. The molecule has 1 saturated carbocycles. The first-order chi connectivity index (χ1) is 13.1. The van der Waals surface area contributed by atoms with Gasteiger partial charge in [-0.1, -0.05) is 0 Å². The summed E-state index contributed by atoms with van der Waals surface area (Å²) in [4.78, 5) is 65.5. The highest BCUT2D eigenvalue weighted by Crippen LogP contribution is 2.31. The number of imide groups is 2. The zero-order chi connectivity index (χ0) is 20.6. The van der Waals surface area contributed by atoms with E-state index in [0.717, 1.165) is 11.2 Å². The Morgan fingerprint density at radius 2 is 1.64 bits per heavy atom. The van der Waals surface area contributed by atoms with E-state index in [1.807, 2.05) is 0 Å². The molecule has 2 fully saturated rings. The zero-order valence-corrected chi connectivity index (χ0v) is 16.0. The number of nitrogens with zero attached hydrogens (tertiary/aromatic N) is 2. The van der Waals surface area contributed by atoms with Crippen LogP contribution in [-0.4, -0.2) is 66.0 Å². The van der Waals surface area contributed by atoms with Gasteiger partial charge in [-0.05, 0) is 31.6 Å². The first-order valence-electron chi connectivity index (χ1n) is 8.89. The summed E-state index contributed by atoms with van der Waals surface area (Å²) in [5.41, 5.74) is 0. The lowest BCUT2D eigenvalue weighted by Gasteiger charge is -2.29. The number of sulfone groups is 1. The maximum Gasteiger partial charge on any atom is 0.336 e. The van der Waals surface area contributed by atoms with Gasteiger partial charge in [0.15, 0.2) is 15.1 Å². The topological polar surface area (TPSA) is 135 Å². The van der Waals surface area contributed by atoms with Gasteiger partial charge in [0.05, 0.1) is 12.3 Å². The lowest BCUT2D eigenvalue weighted by atomic mass is 9.82. The van der Waals surface area contributed by atoms with Crippen molar-refractivity contribution in [3.8, 4) is 0 Å². The third-order valence-electron chi connectivity index (χ3n) is 5.28. The molecule has 2 heterocycles. The quantitative estimate of drug-likeness (QED) is 0.544. The van der Waals surface area contributed by atoms with Gasteiger partial charge in [-0.2, -0.15) is 0 Å². The van der Waals surface area contributed by atoms with E-state index >= 15 is 0 Å². The SMILES string of the molecule is CS(=O)(=O)C1CC(=O)N(OC(=O)C2CCC(CN3C(=O)C=CC3=O)CC2)C1=O. The molecule has 1 atom stereocenters. The minimum Gasteiger partial charge on any atom is -0.330 e. The van der Waals surface area contributed by atoms with Crippen molar-refractivity contribution in [1.82, 2.24) is 9.96 Å². The van der Waals surface area contributed by atoms with Crippen molar-refractivity contribution in [2.45, 2.75) is 37.4 Å². The minimum atomic E-state index is -3.77. The van der Waals surface area contributed by atoms with Gasteiger partial charge in [-0.3, -0.25) is 24.1 Å². The van der Waals surface area contributed by atoms with Crippen LogP contribution in [0, 0.1) is 11.8 Å². The largest absolute Gasteiger partial charge is 0.336 e. The van der Waals surface area contributed by atoms with Crippen LogP contribution in [0.4, 0.5) is 0 Å². The second kappa shape index (κ2) is 7.46. The van der Waals surface area contributed by atoms with Gasteiger partial charge >= 0.3 is 5.97 Å². The predicted octanol–water partition coefficient (Wildman–Crippen LogP) is -0.652. The van der Waals surface area contributed by atoms with E-state index in [2.05, 4.69) is 0 Å². The lowest BCUT2D eigenvalue weighted by molar-refractivity contribution is -0.201. The van der Waals surface area contributed by atoms with Crippen molar-refractivity contribution in [3.63, 3.8) is 0 Å². The molecule has 0 aromatic carbocycles. The van der Waals surface area contributed by atoms with Crippen molar-refractivity contribution >= 4 is 39.4 Å². The van der Waals surface area contributed by atoms with Crippen LogP contribution in [0.25, 0.3) is 0 Å². The molecule has 0 spiro atoms. The molecule has 1 unspecified atom stereocenters. The summed E-state index contributed by atoms with van der Waals surface area (Å²) in [5, 5.41) is -1.26. The summed E-state index contributed by atoms with van der Waals surface area (Å²) in [7, 11) is -3.77. The summed E-state index contributed by atoms with van der Waals surface area (Å²) >= 11 is 0. The third kappa shape index (κ3) is 3.98. The van der Waals surface area contributed by atoms with E-state index in [0.29, 0.717) is 25.7 Å². The summed E-state index contributed by atoms with van der Waals surface area (Å²) in [5.74, 6) is -3.85. The third-order valence-corrected chi connectivity index (χ3v) is 6.68. The molecule has 1 aliphatic carbocycles. The van der Waals surface area contributed by atoms with Gasteiger partial charge in [-0.25, -0.2) is 13.2 Å². The van der Waals surface area contributed by atoms with E-state index in [9.17, 15) is 32.4 Å². The Morgan fingerprint density at radius 1 is 1.07 bits per heavy atom. The van der Waals surface area contributed by atoms with Gasteiger partial charge in [0.25, 0.3) is 23.6 Å². The van der Waals surface area contributed by atoms with Gasteiger partial charge in [0, 0.05) is 25.0 Å². The highest BCUT2D eigenvalue weighted by atomic mass is 32.2. The van der Waals surface area contributed by atoms with Crippen LogP contribution in [0.2, 0.25) is 0 Å². The molecule has 0 bridgehead atoms. The van der Waals surface area contributed by atoms with Crippen LogP contribution >= 0.6 is 0 Å². The minimum absolute atomic E-state index is 0.0570. The average molecular weight is 412 g/mol. The highest BCUT2D eigenvalue weighted by molar-refractivity contribution is 7.92. The van der Waals surface area contributed by atoms with Crippen LogP contribution in [0.5, 0.6) is 0 Å². The van der Waals surface area contributed by atoms with Crippen molar-refractivity contribution < 1.29 is 37.2 Å². The Morgan fingerprint density at radius 3 is 2.14 bits per heavy atom. The first kappa shape index (κ1) is 20.2. The Balaban J connectivity index is 1.52. The maximum absolute atomic E-state index is 12.3. The molecular formula is C17H20N2O8S.